The lowest BCUT2D eigenvalue weighted by atomic mass is 10.2. The van der Waals surface area contributed by atoms with E-state index in [1.807, 2.05) is 18.2 Å². The van der Waals surface area contributed by atoms with E-state index in [2.05, 4.69) is 27.3 Å². The van der Waals surface area contributed by atoms with E-state index in [1.165, 1.54) is 24.8 Å². The number of rotatable bonds is 7. The molecule has 27 heavy (non-hydrogen) atoms. The molecule has 1 saturated heterocycles. The average molecular weight is 369 g/mol. The Balaban J connectivity index is 1.40. The minimum absolute atomic E-state index is 0.0507. The SMILES string of the molecule is CC(=O)c1c[nH]c(C(=O)OCC(=O)NC2CCN(Cc3ccccc3)C2)c1. The Morgan fingerprint density at radius 2 is 2.04 bits per heavy atom. The van der Waals surface area contributed by atoms with Crippen LogP contribution in [0.5, 0.6) is 0 Å². The molecule has 1 amide bonds. The summed E-state index contributed by atoms with van der Waals surface area (Å²) in [6.07, 6.45) is 2.31. The molecular weight excluding hydrogens is 346 g/mol. The number of ketones is 1. The molecule has 0 spiro atoms. The summed E-state index contributed by atoms with van der Waals surface area (Å²) >= 11 is 0. The second-order valence-electron chi connectivity index (χ2n) is 6.71. The van der Waals surface area contributed by atoms with Gasteiger partial charge in [0.15, 0.2) is 12.4 Å². The van der Waals surface area contributed by atoms with Crippen molar-refractivity contribution >= 4 is 17.7 Å². The van der Waals surface area contributed by atoms with Gasteiger partial charge in [-0.3, -0.25) is 14.5 Å². The van der Waals surface area contributed by atoms with Crippen molar-refractivity contribution < 1.29 is 19.1 Å². The van der Waals surface area contributed by atoms with Crippen LogP contribution in [0.2, 0.25) is 0 Å². The van der Waals surface area contributed by atoms with Gasteiger partial charge in [0.2, 0.25) is 0 Å². The van der Waals surface area contributed by atoms with Gasteiger partial charge in [0.1, 0.15) is 5.69 Å². The van der Waals surface area contributed by atoms with Gasteiger partial charge >= 0.3 is 5.97 Å². The zero-order valence-corrected chi connectivity index (χ0v) is 15.2. The van der Waals surface area contributed by atoms with Crippen molar-refractivity contribution in [2.75, 3.05) is 19.7 Å². The zero-order chi connectivity index (χ0) is 19.2. The number of nitrogens with one attached hydrogen (secondary N) is 2. The van der Waals surface area contributed by atoms with E-state index in [9.17, 15) is 14.4 Å². The van der Waals surface area contributed by atoms with Crippen LogP contribution in [-0.4, -0.2) is 53.3 Å². The van der Waals surface area contributed by atoms with Crippen molar-refractivity contribution in [3.8, 4) is 0 Å². The van der Waals surface area contributed by atoms with Gasteiger partial charge in [-0.2, -0.15) is 0 Å². The quantitative estimate of drug-likeness (QED) is 0.573. The predicted molar refractivity (Wildman–Crippen MR) is 99.3 cm³/mol. The second-order valence-corrected chi connectivity index (χ2v) is 6.71. The van der Waals surface area contributed by atoms with E-state index < -0.39 is 5.97 Å². The number of aromatic amines is 1. The lowest BCUT2D eigenvalue weighted by Crippen LogP contribution is -2.39. The molecule has 7 nitrogen and oxygen atoms in total. The van der Waals surface area contributed by atoms with E-state index in [0.29, 0.717) is 5.56 Å². The Kier molecular flexibility index (Phi) is 6.03. The summed E-state index contributed by atoms with van der Waals surface area (Å²) in [6.45, 7) is 3.60. The average Bonchev–Trinajstić information content (AvgIpc) is 3.30. The van der Waals surface area contributed by atoms with Gasteiger partial charge in [0.05, 0.1) is 0 Å². The van der Waals surface area contributed by atoms with Gasteiger partial charge < -0.3 is 15.0 Å². The molecular formula is C20H23N3O4. The van der Waals surface area contributed by atoms with Crippen LogP contribution in [0.4, 0.5) is 0 Å². The summed E-state index contributed by atoms with van der Waals surface area (Å²) in [4.78, 5) is 40.2. The monoisotopic (exact) mass is 369 g/mol. The molecule has 0 radical (unpaired) electrons. The number of aromatic nitrogens is 1. The number of benzene rings is 1. The highest BCUT2D eigenvalue weighted by Crippen LogP contribution is 2.13. The molecule has 1 unspecified atom stereocenters. The fraction of sp³-hybridized carbons (Fsp3) is 0.350. The first-order valence-corrected chi connectivity index (χ1v) is 8.93. The normalized spacial score (nSPS) is 16.9. The van der Waals surface area contributed by atoms with Crippen LogP contribution in [0.1, 0.15) is 39.8 Å². The summed E-state index contributed by atoms with van der Waals surface area (Å²) in [6, 6.07) is 11.7. The van der Waals surface area contributed by atoms with Crippen molar-refractivity contribution in [2.45, 2.75) is 25.9 Å². The van der Waals surface area contributed by atoms with Gasteiger partial charge in [-0.05, 0) is 25.0 Å². The van der Waals surface area contributed by atoms with E-state index in [4.69, 9.17) is 4.74 Å². The number of hydrogen-bond donors (Lipinski definition) is 2. The number of hydrogen-bond acceptors (Lipinski definition) is 5. The Hall–Kier alpha value is -2.93. The first kappa shape index (κ1) is 18.8. The summed E-state index contributed by atoms with van der Waals surface area (Å²) in [7, 11) is 0. The van der Waals surface area contributed by atoms with Crippen LogP contribution in [0.25, 0.3) is 0 Å². The Morgan fingerprint density at radius 1 is 1.26 bits per heavy atom. The highest BCUT2D eigenvalue weighted by atomic mass is 16.5. The summed E-state index contributed by atoms with van der Waals surface area (Å²) in [5.74, 6) is -1.13. The fourth-order valence-corrected chi connectivity index (χ4v) is 3.13. The second kappa shape index (κ2) is 8.64. The van der Waals surface area contributed by atoms with Crippen LogP contribution >= 0.6 is 0 Å². The molecule has 0 saturated carbocycles. The molecule has 1 aromatic carbocycles. The van der Waals surface area contributed by atoms with Gasteiger partial charge in [-0.15, -0.1) is 0 Å². The minimum atomic E-state index is -0.658. The van der Waals surface area contributed by atoms with Crippen molar-refractivity contribution in [2.24, 2.45) is 0 Å². The number of nitrogens with zero attached hydrogens (tertiary/aromatic N) is 1. The smallest absolute Gasteiger partial charge is 0.355 e. The van der Waals surface area contributed by atoms with Crippen LogP contribution in [0, 0.1) is 0 Å². The van der Waals surface area contributed by atoms with Crippen molar-refractivity contribution in [3.63, 3.8) is 0 Å². The van der Waals surface area contributed by atoms with Gasteiger partial charge in [-0.25, -0.2) is 4.79 Å². The molecule has 1 atom stereocenters. The first-order chi connectivity index (χ1) is 13.0. The molecule has 1 aromatic heterocycles. The Labute approximate surface area is 157 Å². The van der Waals surface area contributed by atoms with E-state index in [-0.39, 0.29) is 30.0 Å². The van der Waals surface area contributed by atoms with Crippen molar-refractivity contribution in [1.29, 1.82) is 0 Å². The number of amides is 1. The first-order valence-electron chi connectivity index (χ1n) is 8.93. The molecule has 2 N–H and O–H groups in total. The highest BCUT2D eigenvalue weighted by molar-refractivity contribution is 5.97. The third kappa shape index (κ3) is 5.27. The standard InChI is InChI=1S/C20H23N3O4/c1-14(24)16-9-18(21-10-16)20(26)27-13-19(25)22-17-7-8-23(12-17)11-15-5-3-2-4-6-15/h2-6,9-10,17,21H,7-8,11-13H2,1H3,(H,22,25). The van der Waals surface area contributed by atoms with Crippen LogP contribution in [-0.2, 0) is 16.1 Å². The molecule has 7 heteroatoms. The van der Waals surface area contributed by atoms with E-state index in [1.54, 1.807) is 0 Å². The molecule has 1 aliphatic heterocycles. The number of carbonyl (C=O) groups excluding carboxylic acids is 3. The van der Waals surface area contributed by atoms with Crippen LogP contribution < -0.4 is 5.32 Å². The lowest BCUT2D eigenvalue weighted by Gasteiger charge is -2.16. The molecule has 1 fully saturated rings. The molecule has 2 heterocycles. The van der Waals surface area contributed by atoms with E-state index in [0.717, 1.165) is 26.1 Å². The Morgan fingerprint density at radius 3 is 2.74 bits per heavy atom. The zero-order valence-electron chi connectivity index (χ0n) is 15.2. The molecule has 1 aliphatic rings. The number of Topliss-reactive ketones (excluding diaryl/α,β-unsaturated/α-hetero) is 1. The Bertz CT molecular complexity index is 816. The summed E-state index contributed by atoms with van der Waals surface area (Å²) < 4.78 is 5.01. The predicted octanol–water partition coefficient (Wildman–Crippen LogP) is 1.76. The number of carbonyl (C=O) groups is 3. The highest BCUT2D eigenvalue weighted by Gasteiger charge is 2.24. The van der Waals surface area contributed by atoms with Gasteiger partial charge in [-0.1, -0.05) is 30.3 Å². The molecule has 3 rings (SSSR count). The number of ether oxygens (including phenoxy) is 1. The number of likely N-dealkylation sites (tertiary alicyclic amines) is 1. The largest absolute Gasteiger partial charge is 0.451 e. The molecule has 0 bridgehead atoms. The summed E-state index contributed by atoms with van der Waals surface area (Å²) in [5, 5.41) is 2.90. The summed E-state index contributed by atoms with van der Waals surface area (Å²) in [5.41, 5.74) is 1.80. The maximum Gasteiger partial charge on any atom is 0.355 e. The maximum atomic E-state index is 12.0. The van der Waals surface area contributed by atoms with Gasteiger partial charge in [0.25, 0.3) is 5.91 Å². The lowest BCUT2D eigenvalue weighted by molar-refractivity contribution is -0.124. The van der Waals surface area contributed by atoms with E-state index >= 15 is 0 Å². The van der Waals surface area contributed by atoms with Crippen molar-refractivity contribution in [1.82, 2.24) is 15.2 Å². The molecule has 2 aromatic rings. The number of H-pyrrole nitrogens is 1. The molecule has 142 valence electrons. The maximum absolute atomic E-state index is 12.0. The molecule has 0 aliphatic carbocycles. The fourth-order valence-electron chi connectivity index (χ4n) is 3.13. The number of esters is 1. The van der Waals surface area contributed by atoms with Crippen LogP contribution in [0.15, 0.2) is 42.6 Å². The minimum Gasteiger partial charge on any atom is -0.451 e. The third-order valence-electron chi connectivity index (χ3n) is 4.53. The van der Waals surface area contributed by atoms with Crippen molar-refractivity contribution in [3.05, 3.63) is 59.4 Å². The topological polar surface area (TPSA) is 91.5 Å². The third-order valence-corrected chi connectivity index (χ3v) is 4.53. The van der Waals surface area contributed by atoms with Crippen LogP contribution in [0.3, 0.4) is 0 Å². The van der Waals surface area contributed by atoms with Gasteiger partial charge in [0, 0.05) is 37.4 Å².